The number of pyridine rings is 1. The Labute approximate surface area is 157 Å². The Bertz CT molecular complexity index is 807. The Morgan fingerprint density at radius 2 is 1.85 bits per heavy atom. The summed E-state index contributed by atoms with van der Waals surface area (Å²) in [4.78, 5) is 27.8. The molecule has 5 rings (SSSR count). The minimum atomic E-state index is 0.168. The van der Waals surface area contributed by atoms with Crippen molar-refractivity contribution in [3.05, 3.63) is 12.3 Å². The predicted molar refractivity (Wildman–Crippen MR) is 105 cm³/mol. The summed E-state index contributed by atoms with van der Waals surface area (Å²) in [7, 11) is 0. The largest absolute Gasteiger partial charge is 0.348 e. The van der Waals surface area contributed by atoms with Crippen molar-refractivity contribution >= 4 is 38.4 Å². The highest BCUT2D eigenvalue weighted by atomic mass is 32.1. The molecule has 0 bridgehead atoms. The summed E-state index contributed by atoms with van der Waals surface area (Å²) in [5.74, 6) is 0.939. The third kappa shape index (κ3) is 2.97. The van der Waals surface area contributed by atoms with E-state index in [-0.39, 0.29) is 5.91 Å². The van der Waals surface area contributed by atoms with Crippen LogP contribution >= 0.6 is 11.3 Å². The van der Waals surface area contributed by atoms with Gasteiger partial charge in [-0.2, -0.15) is 0 Å². The first-order chi connectivity index (χ1) is 12.8. The molecular formula is C19H25N5OS. The monoisotopic (exact) mass is 371 g/mol. The van der Waals surface area contributed by atoms with Gasteiger partial charge < -0.3 is 9.80 Å². The molecule has 2 aromatic heterocycles. The normalized spacial score (nSPS) is 22.8. The van der Waals surface area contributed by atoms with Crippen LogP contribution in [0.5, 0.6) is 0 Å². The van der Waals surface area contributed by atoms with Gasteiger partial charge in [0.05, 0.1) is 10.9 Å². The Hall–Kier alpha value is -1.73. The van der Waals surface area contributed by atoms with Crippen LogP contribution in [0.3, 0.4) is 0 Å². The Kier molecular flexibility index (Phi) is 4.29. The van der Waals surface area contributed by atoms with Crippen molar-refractivity contribution in [2.75, 3.05) is 42.5 Å². The number of β-lactam (4-membered cyclic amide) rings is 1. The second kappa shape index (κ2) is 6.78. The van der Waals surface area contributed by atoms with Gasteiger partial charge in [-0.3, -0.25) is 9.69 Å². The number of thiazole rings is 1. The molecule has 138 valence electrons. The summed E-state index contributed by atoms with van der Waals surface area (Å²) < 4.78 is 1.13. The lowest BCUT2D eigenvalue weighted by atomic mass is 10.0. The van der Waals surface area contributed by atoms with Gasteiger partial charge in [0.15, 0.2) is 5.13 Å². The van der Waals surface area contributed by atoms with E-state index in [1.54, 1.807) is 16.2 Å². The Morgan fingerprint density at radius 3 is 2.54 bits per heavy atom. The van der Waals surface area contributed by atoms with Gasteiger partial charge in [-0.1, -0.05) is 17.8 Å². The Morgan fingerprint density at radius 1 is 1.04 bits per heavy atom. The maximum Gasteiger partial charge on any atom is 0.229 e. The molecule has 26 heavy (non-hydrogen) atoms. The van der Waals surface area contributed by atoms with E-state index in [0.29, 0.717) is 6.42 Å². The van der Waals surface area contributed by atoms with Gasteiger partial charge in [-0.15, -0.1) is 0 Å². The number of rotatable bonds is 3. The summed E-state index contributed by atoms with van der Waals surface area (Å²) in [5, 5.41) is 1.10. The zero-order valence-corrected chi connectivity index (χ0v) is 15.9. The lowest BCUT2D eigenvalue weighted by molar-refractivity contribution is -0.122. The van der Waals surface area contributed by atoms with E-state index in [4.69, 9.17) is 4.98 Å². The average Bonchev–Trinajstić information content (AvgIpc) is 3.11. The van der Waals surface area contributed by atoms with Gasteiger partial charge in [-0.05, 0) is 38.8 Å². The van der Waals surface area contributed by atoms with Crippen molar-refractivity contribution in [1.29, 1.82) is 0 Å². The van der Waals surface area contributed by atoms with Crippen molar-refractivity contribution < 1.29 is 4.79 Å². The molecule has 3 saturated heterocycles. The quantitative estimate of drug-likeness (QED) is 0.777. The summed E-state index contributed by atoms with van der Waals surface area (Å²) in [6.45, 7) is 5.54. The number of nitrogens with zero attached hydrogens (tertiary/aromatic N) is 5. The van der Waals surface area contributed by atoms with Gasteiger partial charge in [0.1, 0.15) is 11.3 Å². The molecule has 0 atom stereocenters. The number of aromatic nitrogens is 2. The van der Waals surface area contributed by atoms with E-state index in [0.717, 1.165) is 46.8 Å². The number of anilines is 2. The molecule has 1 amide bonds. The lowest BCUT2D eigenvalue weighted by Crippen LogP contribution is -2.46. The van der Waals surface area contributed by atoms with E-state index < -0.39 is 0 Å². The van der Waals surface area contributed by atoms with E-state index in [9.17, 15) is 4.79 Å². The highest BCUT2D eigenvalue weighted by Gasteiger charge is 2.28. The third-order valence-electron chi connectivity index (χ3n) is 6.02. The second-order valence-electron chi connectivity index (χ2n) is 7.62. The van der Waals surface area contributed by atoms with Crippen LogP contribution in [0.2, 0.25) is 0 Å². The van der Waals surface area contributed by atoms with Gasteiger partial charge in [0.2, 0.25) is 5.91 Å². The topological polar surface area (TPSA) is 52.6 Å². The molecule has 2 aromatic rings. The van der Waals surface area contributed by atoms with Crippen LogP contribution < -0.4 is 9.80 Å². The molecule has 0 aliphatic carbocycles. The van der Waals surface area contributed by atoms with Crippen LogP contribution in [-0.4, -0.2) is 59.5 Å². The van der Waals surface area contributed by atoms with Crippen LogP contribution in [0.25, 0.3) is 10.2 Å². The number of fused-ring (bicyclic) bond motifs is 1. The molecule has 3 aliphatic heterocycles. The first-order valence-electron chi connectivity index (χ1n) is 9.84. The lowest BCUT2D eigenvalue weighted by Gasteiger charge is -2.40. The van der Waals surface area contributed by atoms with Crippen molar-refractivity contribution in [2.24, 2.45) is 0 Å². The molecule has 5 heterocycles. The fourth-order valence-corrected chi connectivity index (χ4v) is 5.37. The predicted octanol–water partition coefficient (Wildman–Crippen LogP) is 2.88. The molecular weight excluding hydrogens is 346 g/mol. The first-order valence-corrected chi connectivity index (χ1v) is 10.7. The summed E-state index contributed by atoms with van der Waals surface area (Å²) in [6.07, 6.45) is 9.07. The molecule has 0 aromatic carbocycles. The van der Waals surface area contributed by atoms with Gasteiger partial charge >= 0.3 is 0 Å². The fraction of sp³-hybridized carbons (Fsp3) is 0.632. The number of carbonyl (C=O) groups is 1. The molecule has 3 fully saturated rings. The molecule has 6 nitrogen and oxygen atoms in total. The average molecular weight is 372 g/mol. The van der Waals surface area contributed by atoms with Crippen molar-refractivity contribution in [3.63, 3.8) is 0 Å². The molecule has 0 spiro atoms. The number of piperidine rings is 2. The van der Waals surface area contributed by atoms with E-state index in [1.807, 2.05) is 12.3 Å². The number of hydrogen-bond acceptors (Lipinski definition) is 6. The zero-order chi connectivity index (χ0) is 17.5. The van der Waals surface area contributed by atoms with Crippen LogP contribution in [0.4, 0.5) is 10.9 Å². The molecule has 0 N–H and O–H groups in total. The third-order valence-corrected chi connectivity index (χ3v) is 7.10. The van der Waals surface area contributed by atoms with Gasteiger partial charge in [0, 0.05) is 38.2 Å². The van der Waals surface area contributed by atoms with Crippen LogP contribution in [0.1, 0.15) is 38.5 Å². The minimum Gasteiger partial charge on any atom is -0.348 e. The van der Waals surface area contributed by atoms with Crippen LogP contribution in [-0.2, 0) is 4.79 Å². The molecule has 3 aliphatic rings. The maximum atomic E-state index is 11.6. The number of hydrogen-bond donors (Lipinski definition) is 0. The standard InChI is InChI=1S/C19H25N5OS/c25-18-6-11-24(18)17-12-16-15(13-20-17)21-19(26-16)23-9-4-14(5-10-23)22-7-2-1-3-8-22/h12-14H,1-11H2. The molecule has 7 heteroatoms. The van der Waals surface area contributed by atoms with Crippen molar-refractivity contribution in [1.82, 2.24) is 14.9 Å². The molecule has 0 unspecified atom stereocenters. The number of carbonyl (C=O) groups excluding carboxylic acids is 1. The summed E-state index contributed by atoms with van der Waals surface area (Å²) >= 11 is 1.73. The van der Waals surface area contributed by atoms with E-state index in [1.165, 1.54) is 45.2 Å². The fourth-order valence-electron chi connectivity index (χ4n) is 4.36. The summed E-state index contributed by atoms with van der Waals surface area (Å²) in [6, 6.07) is 2.78. The number of amides is 1. The zero-order valence-electron chi connectivity index (χ0n) is 15.1. The van der Waals surface area contributed by atoms with Gasteiger partial charge in [0.25, 0.3) is 0 Å². The molecule has 0 radical (unpaired) electrons. The van der Waals surface area contributed by atoms with Crippen LogP contribution in [0, 0.1) is 0 Å². The summed E-state index contributed by atoms with van der Waals surface area (Å²) in [5.41, 5.74) is 0.944. The van der Waals surface area contributed by atoms with E-state index in [2.05, 4.69) is 14.8 Å². The van der Waals surface area contributed by atoms with Gasteiger partial charge in [-0.25, -0.2) is 9.97 Å². The molecule has 0 saturated carbocycles. The maximum absolute atomic E-state index is 11.6. The second-order valence-corrected chi connectivity index (χ2v) is 8.63. The highest BCUT2D eigenvalue weighted by Crippen LogP contribution is 2.33. The Balaban J connectivity index is 1.28. The number of likely N-dealkylation sites (tertiary alicyclic amines) is 1. The van der Waals surface area contributed by atoms with Crippen molar-refractivity contribution in [2.45, 2.75) is 44.6 Å². The SMILES string of the molecule is O=C1CCN1c1cc2sc(N3CCC(N4CCCCC4)CC3)nc2cn1. The first kappa shape index (κ1) is 16.4. The minimum absolute atomic E-state index is 0.168. The van der Waals surface area contributed by atoms with Crippen LogP contribution in [0.15, 0.2) is 12.3 Å². The van der Waals surface area contributed by atoms with E-state index >= 15 is 0 Å². The highest BCUT2D eigenvalue weighted by molar-refractivity contribution is 7.22. The smallest absolute Gasteiger partial charge is 0.229 e. The van der Waals surface area contributed by atoms with Crippen molar-refractivity contribution in [3.8, 4) is 0 Å².